The van der Waals surface area contributed by atoms with E-state index in [1.807, 2.05) is 36.4 Å². The minimum Gasteiger partial charge on any atom is -0.435 e. The summed E-state index contributed by atoms with van der Waals surface area (Å²) in [4.78, 5) is 20.5. The van der Waals surface area contributed by atoms with Crippen LogP contribution in [0.1, 0.15) is 0 Å². The van der Waals surface area contributed by atoms with Gasteiger partial charge in [-0.1, -0.05) is 127 Å². The molecule has 0 atom stereocenters. The van der Waals surface area contributed by atoms with E-state index in [4.69, 9.17) is 24.4 Å². The summed E-state index contributed by atoms with van der Waals surface area (Å²) in [7, 11) is 0. The number of aromatic nitrogens is 5. The van der Waals surface area contributed by atoms with E-state index in [-0.39, 0.29) is 0 Å². The molecule has 0 fully saturated rings. The lowest BCUT2D eigenvalue weighted by molar-refractivity contribution is 0.623. The van der Waals surface area contributed by atoms with Crippen LogP contribution in [0.2, 0.25) is 0 Å². The molecule has 58 heavy (non-hydrogen) atoms. The Morgan fingerprint density at radius 3 is 1.50 bits per heavy atom. The Labute approximate surface area is 332 Å². The van der Waals surface area contributed by atoms with Gasteiger partial charge in [-0.2, -0.15) is 0 Å². The van der Waals surface area contributed by atoms with Crippen LogP contribution in [-0.4, -0.2) is 24.5 Å². The Balaban J connectivity index is 1.13. The summed E-state index contributed by atoms with van der Waals surface area (Å²) in [6.45, 7) is 0. The van der Waals surface area contributed by atoms with E-state index in [9.17, 15) is 0 Å². The highest BCUT2D eigenvalue weighted by molar-refractivity contribution is 6.27. The number of rotatable bonds is 5. The Hall–Kier alpha value is -7.96. The molecule has 0 spiro atoms. The average Bonchev–Trinajstić information content (AvgIpc) is 3.89. The summed E-state index contributed by atoms with van der Waals surface area (Å²) in [5.41, 5.74) is 8.43. The molecule has 270 valence electrons. The Morgan fingerprint density at radius 1 is 0.362 bits per heavy atom. The highest BCUT2D eigenvalue weighted by atomic mass is 16.3. The van der Waals surface area contributed by atoms with Crippen LogP contribution in [-0.2, 0) is 0 Å². The molecule has 6 nitrogen and oxygen atoms in total. The normalized spacial score (nSPS) is 11.8. The predicted octanol–water partition coefficient (Wildman–Crippen LogP) is 13.2. The zero-order valence-electron chi connectivity index (χ0n) is 31.0. The summed E-state index contributed by atoms with van der Waals surface area (Å²) in [6.07, 6.45) is 0. The van der Waals surface area contributed by atoms with Gasteiger partial charge < -0.3 is 8.98 Å². The zero-order chi connectivity index (χ0) is 38.2. The Kier molecular flexibility index (Phi) is 7.13. The van der Waals surface area contributed by atoms with Gasteiger partial charge in [-0.25, -0.2) is 19.9 Å². The molecule has 12 aromatic rings. The van der Waals surface area contributed by atoms with Crippen molar-refractivity contribution in [3.8, 4) is 51.3 Å². The lowest BCUT2D eigenvalue weighted by Crippen LogP contribution is -2.00. The van der Waals surface area contributed by atoms with E-state index >= 15 is 0 Å². The molecule has 12 rings (SSSR count). The number of para-hydroxylation sites is 1. The van der Waals surface area contributed by atoms with Gasteiger partial charge in [0.25, 0.3) is 0 Å². The van der Waals surface area contributed by atoms with Crippen molar-refractivity contribution in [3.63, 3.8) is 0 Å². The number of benzene rings is 9. The van der Waals surface area contributed by atoms with Gasteiger partial charge in [-0.3, -0.25) is 0 Å². The molecule has 3 aromatic heterocycles. The number of oxazole rings is 1. The van der Waals surface area contributed by atoms with Crippen LogP contribution in [0.15, 0.2) is 192 Å². The predicted molar refractivity (Wildman–Crippen MR) is 236 cm³/mol. The summed E-state index contributed by atoms with van der Waals surface area (Å²) >= 11 is 0. The van der Waals surface area contributed by atoms with Gasteiger partial charge in [-0.15, -0.1) is 0 Å². The molecule has 0 aliphatic carbocycles. The van der Waals surface area contributed by atoms with E-state index in [1.165, 1.54) is 10.8 Å². The van der Waals surface area contributed by atoms with Crippen molar-refractivity contribution in [1.82, 2.24) is 24.5 Å². The monoisotopic (exact) mass is 741 g/mol. The van der Waals surface area contributed by atoms with Gasteiger partial charge in [0, 0.05) is 33.3 Å². The van der Waals surface area contributed by atoms with E-state index in [0.29, 0.717) is 23.4 Å². The molecule has 0 aliphatic rings. The number of hydrogen-bond acceptors (Lipinski definition) is 5. The molecule has 0 bridgehead atoms. The molecule has 6 heteroatoms. The van der Waals surface area contributed by atoms with Crippen LogP contribution in [0.4, 0.5) is 0 Å². The first kappa shape index (κ1) is 32.3. The maximum atomic E-state index is 6.72. The average molecular weight is 742 g/mol. The fourth-order valence-corrected chi connectivity index (χ4v) is 8.42. The van der Waals surface area contributed by atoms with E-state index < -0.39 is 0 Å². The van der Waals surface area contributed by atoms with Gasteiger partial charge >= 0.3 is 0 Å². The standard InChI is InChI=1S/C52H31N5O/c1-3-13-35(14-4-1)52-53-43-26-28-45-47(48(43)58-52)46-42-31-40(24-21-34(42)25-27-44(46)57(45)41-17-5-2-6-18-41)51-55-49(38-22-19-32-11-7-9-15-36(32)29-38)54-50(56-51)39-23-20-33-12-8-10-16-37(33)30-39/h1-31H. The van der Waals surface area contributed by atoms with Gasteiger partial charge in [0.05, 0.1) is 16.4 Å². The van der Waals surface area contributed by atoms with E-state index in [2.05, 4.69) is 156 Å². The zero-order valence-corrected chi connectivity index (χ0v) is 31.0. The lowest BCUT2D eigenvalue weighted by atomic mass is 10.0. The minimum atomic E-state index is 0.595. The molecule has 0 saturated carbocycles. The van der Waals surface area contributed by atoms with Crippen LogP contribution >= 0.6 is 0 Å². The minimum absolute atomic E-state index is 0.595. The van der Waals surface area contributed by atoms with Crippen LogP contribution in [0, 0.1) is 0 Å². The van der Waals surface area contributed by atoms with Crippen molar-refractivity contribution < 1.29 is 4.42 Å². The second kappa shape index (κ2) is 12.8. The van der Waals surface area contributed by atoms with Crippen molar-refractivity contribution in [1.29, 1.82) is 0 Å². The third kappa shape index (κ3) is 5.20. The van der Waals surface area contributed by atoms with Crippen molar-refractivity contribution >= 4 is 65.2 Å². The number of nitrogens with zero attached hydrogens (tertiary/aromatic N) is 5. The molecule has 0 unspecified atom stereocenters. The summed E-state index contributed by atoms with van der Waals surface area (Å²) in [5, 5.41) is 8.86. The van der Waals surface area contributed by atoms with Crippen LogP contribution in [0.5, 0.6) is 0 Å². The number of hydrogen-bond donors (Lipinski definition) is 0. The van der Waals surface area contributed by atoms with Gasteiger partial charge in [0.2, 0.25) is 5.89 Å². The summed E-state index contributed by atoms with van der Waals surface area (Å²) in [5.74, 6) is 2.44. The second-order valence-corrected chi connectivity index (χ2v) is 14.7. The highest BCUT2D eigenvalue weighted by Gasteiger charge is 2.22. The first-order valence-electron chi connectivity index (χ1n) is 19.4. The van der Waals surface area contributed by atoms with Crippen molar-refractivity contribution in [2.24, 2.45) is 0 Å². The van der Waals surface area contributed by atoms with Gasteiger partial charge in [0.1, 0.15) is 5.52 Å². The largest absolute Gasteiger partial charge is 0.435 e. The molecule has 0 saturated heterocycles. The highest BCUT2D eigenvalue weighted by Crippen LogP contribution is 2.42. The molecule has 0 N–H and O–H groups in total. The fraction of sp³-hybridized carbons (Fsp3) is 0. The third-order valence-corrected chi connectivity index (χ3v) is 11.2. The molecular formula is C52H31N5O. The van der Waals surface area contributed by atoms with Crippen LogP contribution in [0.25, 0.3) is 117 Å². The molecular weight excluding hydrogens is 711 g/mol. The first-order valence-corrected chi connectivity index (χ1v) is 19.4. The topological polar surface area (TPSA) is 69.6 Å². The Morgan fingerprint density at radius 2 is 0.862 bits per heavy atom. The maximum Gasteiger partial charge on any atom is 0.227 e. The maximum absolute atomic E-state index is 6.72. The van der Waals surface area contributed by atoms with Crippen molar-refractivity contribution in [2.75, 3.05) is 0 Å². The van der Waals surface area contributed by atoms with Gasteiger partial charge in [-0.05, 0) is 93.0 Å². The quantitative estimate of drug-likeness (QED) is 0.176. The molecule has 9 aromatic carbocycles. The van der Waals surface area contributed by atoms with E-state index in [0.717, 1.165) is 82.4 Å². The molecule has 0 amide bonds. The first-order chi connectivity index (χ1) is 28.7. The van der Waals surface area contributed by atoms with E-state index in [1.54, 1.807) is 0 Å². The Bertz CT molecular complexity index is 3470. The SMILES string of the molecule is c1ccc(-c2nc3ccc4c(c3o2)c2c3cc(-c5nc(-c6ccc7ccccc7c6)nc(-c6ccc7ccccc7c6)n5)ccc3ccc2n4-c2ccccc2)cc1. The van der Waals surface area contributed by atoms with Gasteiger partial charge in [0.15, 0.2) is 23.1 Å². The number of fused-ring (bicyclic) bond motifs is 9. The summed E-state index contributed by atoms with van der Waals surface area (Å²) < 4.78 is 9.04. The molecule has 0 radical (unpaired) electrons. The second-order valence-electron chi connectivity index (χ2n) is 14.7. The van der Waals surface area contributed by atoms with Crippen LogP contribution in [0.3, 0.4) is 0 Å². The fourth-order valence-electron chi connectivity index (χ4n) is 8.42. The van der Waals surface area contributed by atoms with Crippen molar-refractivity contribution in [3.05, 3.63) is 188 Å². The lowest BCUT2D eigenvalue weighted by Gasteiger charge is -2.11. The van der Waals surface area contributed by atoms with Crippen molar-refractivity contribution in [2.45, 2.75) is 0 Å². The molecule has 0 aliphatic heterocycles. The molecule has 3 heterocycles. The third-order valence-electron chi connectivity index (χ3n) is 11.2. The summed E-state index contributed by atoms with van der Waals surface area (Å²) in [6, 6.07) is 65.2. The smallest absolute Gasteiger partial charge is 0.227 e. The van der Waals surface area contributed by atoms with Crippen LogP contribution < -0.4 is 0 Å².